The van der Waals surface area contributed by atoms with E-state index < -0.39 is 0 Å². The molecule has 27 heavy (non-hydrogen) atoms. The molecule has 0 fully saturated rings. The summed E-state index contributed by atoms with van der Waals surface area (Å²) >= 11 is 0. The lowest BCUT2D eigenvalue weighted by molar-refractivity contribution is -0.677. The predicted molar refractivity (Wildman–Crippen MR) is 112 cm³/mol. The minimum Gasteiger partial charge on any atom is -0.205 e. The van der Waals surface area contributed by atoms with E-state index in [0.717, 1.165) is 12.8 Å². The monoisotopic (exact) mass is 356 g/mol. The highest BCUT2D eigenvalue weighted by Crippen LogP contribution is 2.19. The Morgan fingerprint density at radius 2 is 1.00 bits per heavy atom. The third-order valence-corrected chi connectivity index (χ3v) is 5.68. The lowest BCUT2D eigenvalue weighted by Gasteiger charge is -2.06. The molecule has 2 heterocycles. The van der Waals surface area contributed by atoms with E-state index >= 15 is 0 Å². The van der Waals surface area contributed by atoms with Crippen LogP contribution in [0, 0.1) is 0 Å². The van der Waals surface area contributed by atoms with Gasteiger partial charge in [-0.15, -0.1) is 0 Å². The van der Waals surface area contributed by atoms with E-state index in [4.69, 9.17) is 0 Å². The van der Waals surface area contributed by atoms with Gasteiger partial charge in [-0.05, 0) is 35.7 Å². The first-order chi connectivity index (χ1) is 13.2. The second-order valence-electron chi connectivity index (χ2n) is 7.48. The van der Waals surface area contributed by atoms with Gasteiger partial charge in [-0.25, -0.2) is 9.13 Å². The van der Waals surface area contributed by atoms with Crippen LogP contribution in [0.5, 0.6) is 0 Å². The molecular weight excluding hydrogens is 328 g/mol. The Morgan fingerprint density at radius 1 is 0.556 bits per heavy atom. The summed E-state index contributed by atoms with van der Waals surface area (Å²) in [5.41, 5.74) is 2.90. The van der Waals surface area contributed by atoms with Crippen LogP contribution in [-0.2, 0) is 26.9 Å². The Kier molecular flexibility index (Phi) is 5.15. The van der Waals surface area contributed by atoms with Gasteiger partial charge in [0, 0.05) is 35.7 Å². The minimum absolute atomic E-state index is 1.14. The SMILES string of the molecule is C[n+]1ccc2ccccc2c1CCCCCc1c2ccccc2cc[n+]1C. The number of unbranched alkanes of at least 4 members (excludes halogenated alkanes) is 2. The fourth-order valence-electron chi connectivity index (χ4n) is 4.14. The number of pyridine rings is 2. The molecule has 0 aliphatic heterocycles. The number of aryl methyl sites for hydroxylation is 4. The molecular formula is C25H28N2+2. The van der Waals surface area contributed by atoms with Gasteiger partial charge in [0.2, 0.25) is 0 Å². The normalized spacial score (nSPS) is 11.3. The highest BCUT2D eigenvalue weighted by molar-refractivity contribution is 5.84. The number of nitrogens with zero attached hydrogens (tertiary/aromatic N) is 2. The maximum atomic E-state index is 2.28. The zero-order valence-corrected chi connectivity index (χ0v) is 16.4. The number of aromatic nitrogens is 2. The third kappa shape index (κ3) is 3.71. The molecule has 2 aromatic carbocycles. The molecule has 0 aliphatic carbocycles. The average Bonchev–Trinajstić information content (AvgIpc) is 2.70. The van der Waals surface area contributed by atoms with Gasteiger partial charge in [0.15, 0.2) is 23.8 Å². The van der Waals surface area contributed by atoms with E-state index in [1.54, 1.807) is 0 Å². The van der Waals surface area contributed by atoms with Crippen molar-refractivity contribution in [2.24, 2.45) is 14.1 Å². The van der Waals surface area contributed by atoms with Gasteiger partial charge in [-0.1, -0.05) is 42.8 Å². The van der Waals surface area contributed by atoms with E-state index in [1.165, 1.54) is 52.2 Å². The predicted octanol–water partition coefficient (Wildman–Crippen LogP) is 4.60. The van der Waals surface area contributed by atoms with Crippen molar-refractivity contribution in [2.75, 3.05) is 0 Å². The number of fused-ring (bicyclic) bond motifs is 2. The van der Waals surface area contributed by atoms with Gasteiger partial charge in [0.25, 0.3) is 0 Å². The molecule has 2 aromatic heterocycles. The molecule has 0 spiro atoms. The minimum atomic E-state index is 1.14. The maximum absolute atomic E-state index is 2.28. The van der Waals surface area contributed by atoms with Gasteiger partial charge >= 0.3 is 0 Å². The summed E-state index contributed by atoms with van der Waals surface area (Å²) in [5.74, 6) is 0. The fraction of sp³-hybridized carbons (Fsp3) is 0.280. The fourth-order valence-corrected chi connectivity index (χ4v) is 4.14. The van der Waals surface area contributed by atoms with Gasteiger partial charge in [0.05, 0.1) is 0 Å². The first-order valence-corrected chi connectivity index (χ1v) is 9.96. The molecule has 4 rings (SSSR count). The van der Waals surface area contributed by atoms with E-state index in [-0.39, 0.29) is 0 Å². The number of hydrogen-bond acceptors (Lipinski definition) is 0. The third-order valence-electron chi connectivity index (χ3n) is 5.68. The van der Waals surface area contributed by atoms with Gasteiger partial charge < -0.3 is 0 Å². The lowest BCUT2D eigenvalue weighted by atomic mass is 10.0. The van der Waals surface area contributed by atoms with Crippen LogP contribution >= 0.6 is 0 Å². The summed E-state index contributed by atoms with van der Waals surface area (Å²) in [4.78, 5) is 0. The summed E-state index contributed by atoms with van der Waals surface area (Å²) < 4.78 is 4.57. The summed E-state index contributed by atoms with van der Waals surface area (Å²) in [6, 6.07) is 21.9. The molecule has 0 atom stereocenters. The molecule has 0 aliphatic rings. The van der Waals surface area contributed by atoms with E-state index in [1.807, 2.05) is 0 Å². The van der Waals surface area contributed by atoms with Gasteiger partial charge in [-0.3, -0.25) is 0 Å². The van der Waals surface area contributed by atoms with Crippen LogP contribution in [0.25, 0.3) is 21.5 Å². The zero-order valence-electron chi connectivity index (χ0n) is 16.4. The lowest BCUT2D eigenvalue weighted by Crippen LogP contribution is -2.33. The zero-order chi connectivity index (χ0) is 18.6. The van der Waals surface area contributed by atoms with Crippen LogP contribution in [0.2, 0.25) is 0 Å². The molecule has 0 amide bonds. The topological polar surface area (TPSA) is 7.76 Å². The van der Waals surface area contributed by atoms with E-state index in [0.29, 0.717) is 0 Å². The molecule has 0 saturated carbocycles. The number of hydrogen-bond donors (Lipinski definition) is 0. The Hall–Kier alpha value is -2.74. The van der Waals surface area contributed by atoms with Crippen LogP contribution < -0.4 is 9.13 Å². The Labute approximate surface area is 161 Å². The Bertz CT molecular complexity index is 995. The first-order valence-electron chi connectivity index (χ1n) is 9.96. The van der Waals surface area contributed by atoms with Gasteiger partial charge in [0.1, 0.15) is 14.1 Å². The van der Waals surface area contributed by atoms with Crippen LogP contribution in [0.1, 0.15) is 30.7 Å². The smallest absolute Gasteiger partial charge is 0.188 e. The van der Waals surface area contributed by atoms with E-state index in [9.17, 15) is 0 Å². The van der Waals surface area contributed by atoms with Crippen molar-refractivity contribution in [3.8, 4) is 0 Å². The molecule has 0 radical (unpaired) electrons. The highest BCUT2D eigenvalue weighted by atomic mass is 14.9. The van der Waals surface area contributed by atoms with Crippen molar-refractivity contribution in [3.05, 3.63) is 84.4 Å². The average molecular weight is 357 g/mol. The first kappa shape index (κ1) is 17.7. The molecule has 0 unspecified atom stereocenters. The molecule has 2 nitrogen and oxygen atoms in total. The highest BCUT2D eigenvalue weighted by Gasteiger charge is 2.13. The molecule has 136 valence electrons. The van der Waals surface area contributed by atoms with Crippen molar-refractivity contribution < 1.29 is 9.13 Å². The van der Waals surface area contributed by atoms with Crippen molar-refractivity contribution in [3.63, 3.8) is 0 Å². The van der Waals surface area contributed by atoms with Crippen LogP contribution in [0.15, 0.2) is 73.1 Å². The summed E-state index contributed by atoms with van der Waals surface area (Å²) in [6.07, 6.45) is 10.4. The molecule has 2 heteroatoms. The van der Waals surface area contributed by atoms with Crippen molar-refractivity contribution >= 4 is 21.5 Å². The maximum Gasteiger partial charge on any atom is 0.188 e. The van der Waals surface area contributed by atoms with Crippen molar-refractivity contribution in [1.29, 1.82) is 0 Å². The largest absolute Gasteiger partial charge is 0.205 e. The van der Waals surface area contributed by atoms with Gasteiger partial charge in [-0.2, -0.15) is 0 Å². The van der Waals surface area contributed by atoms with Crippen LogP contribution in [-0.4, -0.2) is 0 Å². The Morgan fingerprint density at radius 3 is 1.48 bits per heavy atom. The van der Waals surface area contributed by atoms with Crippen LogP contribution in [0.4, 0.5) is 0 Å². The second kappa shape index (κ2) is 7.87. The summed E-state index contributed by atoms with van der Waals surface area (Å²) in [6.45, 7) is 0. The Balaban J connectivity index is 1.41. The molecule has 0 saturated heterocycles. The summed E-state index contributed by atoms with van der Waals surface area (Å²) in [7, 11) is 4.33. The molecule has 0 bridgehead atoms. The standard InChI is InChI=1S/C25H28N2/c1-26-18-16-20-10-6-8-12-22(20)24(26)14-4-3-5-15-25-23-13-9-7-11-21(23)17-19-27(25)2/h6-13,16-19H,3-5,14-15H2,1-2H3/q+2. The molecule has 0 N–H and O–H groups in total. The molecule has 4 aromatic rings. The van der Waals surface area contributed by atoms with E-state index in [2.05, 4.69) is 96.3 Å². The van der Waals surface area contributed by atoms with Crippen molar-refractivity contribution in [2.45, 2.75) is 32.1 Å². The number of benzene rings is 2. The summed E-state index contributed by atoms with van der Waals surface area (Å²) in [5, 5.41) is 5.47. The second-order valence-corrected chi connectivity index (χ2v) is 7.48. The van der Waals surface area contributed by atoms with Crippen molar-refractivity contribution in [1.82, 2.24) is 0 Å². The number of rotatable bonds is 6. The quantitative estimate of drug-likeness (QED) is 0.352. The van der Waals surface area contributed by atoms with Crippen LogP contribution in [0.3, 0.4) is 0 Å².